The molecule has 0 aliphatic carbocycles. The van der Waals surface area contributed by atoms with Crippen molar-refractivity contribution in [3.05, 3.63) is 0 Å². The molecule has 1 aliphatic rings. The Kier molecular flexibility index (Phi) is 4.35. The second-order valence-corrected chi connectivity index (χ2v) is 4.01. The summed E-state index contributed by atoms with van der Waals surface area (Å²) in [6, 6.07) is 0.866. The highest BCUT2D eigenvalue weighted by Crippen LogP contribution is 2.21. The molecule has 2 unspecified atom stereocenters. The predicted molar refractivity (Wildman–Crippen MR) is 56.9 cm³/mol. The van der Waals surface area contributed by atoms with Gasteiger partial charge in [-0.15, -0.1) is 0 Å². The highest BCUT2D eigenvalue weighted by molar-refractivity contribution is 5.77. The number of nitrogens with one attached hydrogen (secondary N) is 1. The molecule has 2 atom stereocenters. The zero-order chi connectivity index (χ0) is 10.6. The molecule has 0 aromatic rings. The van der Waals surface area contributed by atoms with Gasteiger partial charge in [0, 0.05) is 25.7 Å². The van der Waals surface area contributed by atoms with Gasteiger partial charge in [0.2, 0.25) is 5.91 Å². The maximum Gasteiger partial charge on any atom is 0.233 e. The van der Waals surface area contributed by atoms with Crippen LogP contribution in [0.3, 0.4) is 0 Å². The predicted octanol–water partition coefficient (Wildman–Crippen LogP) is -0.0659. The summed E-state index contributed by atoms with van der Waals surface area (Å²) in [5, 5.41) is 2.66. The topological polar surface area (TPSA) is 58.4 Å². The fourth-order valence-electron chi connectivity index (χ4n) is 2.12. The van der Waals surface area contributed by atoms with E-state index in [9.17, 15) is 4.79 Å². The Morgan fingerprint density at radius 2 is 2.29 bits per heavy atom. The maximum atomic E-state index is 11.3. The Labute approximate surface area is 85.8 Å². The van der Waals surface area contributed by atoms with Gasteiger partial charge in [0.1, 0.15) is 0 Å². The zero-order valence-corrected chi connectivity index (χ0v) is 9.12. The van der Waals surface area contributed by atoms with Crippen molar-refractivity contribution in [3.8, 4) is 0 Å². The molecule has 4 nitrogen and oxygen atoms in total. The SMILES string of the molecule is CNC(=O)CN1C(C)CCCC1CN. The van der Waals surface area contributed by atoms with Crippen LogP contribution in [-0.2, 0) is 4.79 Å². The van der Waals surface area contributed by atoms with Crippen LogP contribution in [0.5, 0.6) is 0 Å². The lowest BCUT2D eigenvalue weighted by Gasteiger charge is -2.39. The second-order valence-electron chi connectivity index (χ2n) is 4.01. The number of hydrogen-bond acceptors (Lipinski definition) is 3. The Bertz CT molecular complexity index is 196. The molecular weight excluding hydrogens is 178 g/mol. The molecule has 1 heterocycles. The van der Waals surface area contributed by atoms with E-state index >= 15 is 0 Å². The first-order valence-corrected chi connectivity index (χ1v) is 5.35. The number of carbonyl (C=O) groups is 1. The smallest absolute Gasteiger partial charge is 0.233 e. The van der Waals surface area contributed by atoms with Crippen LogP contribution >= 0.6 is 0 Å². The monoisotopic (exact) mass is 199 g/mol. The van der Waals surface area contributed by atoms with Gasteiger partial charge in [-0.1, -0.05) is 6.42 Å². The van der Waals surface area contributed by atoms with Crippen LogP contribution in [0.1, 0.15) is 26.2 Å². The molecule has 3 N–H and O–H groups in total. The zero-order valence-electron chi connectivity index (χ0n) is 9.12. The quantitative estimate of drug-likeness (QED) is 0.669. The molecule has 0 spiro atoms. The van der Waals surface area contributed by atoms with E-state index in [0.29, 0.717) is 25.2 Å². The molecule has 1 fully saturated rings. The van der Waals surface area contributed by atoms with Crippen molar-refractivity contribution in [3.63, 3.8) is 0 Å². The number of likely N-dealkylation sites (N-methyl/N-ethyl adjacent to an activating group) is 1. The minimum Gasteiger partial charge on any atom is -0.358 e. The van der Waals surface area contributed by atoms with Crippen LogP contribution in [-0.4, -0.2) is 43.0 Å². The summed E-state index contributed by atoms with van der Waals surface area (Å²) in [5.41, 5.74) is 5.70. The van der Waals surface area contributed by atoms with Gasteiger partial charge in [0.05, 0.1) is 6.54 Å². The van der Waals surface area contributed by atoms with E-state index in [1.807, 2.05) is 0 Å². The van der Waals surface area contributed by atoms with Crippen LogP contribution in [0, 0.1) is 0 Å². The number of nitrogens with two attached hydrogens (primary N) is 1. The van der Waals surface area contributed by atoms with Crippen LogP contribution in [0.4, 0.5) is 0 Å². The highest BCUT2D eigenvalue weighted by Gasteiger charge is 2.27. The van der Waals surface area contributed by atoms with Gasteiger partial charge in [-0.25, -0.2) is 0 Å². The molecule has 1 amide bonds. The molecule has 0 aromatic heterocycles. The number of amides is 1. The molecule has 14 heavy (non-hydrogen) atoms. The van der Waals surface area contributed by atoms with Gasteiger partial charge in [0.25, 0.3) is 0 Å². The lowest BCUT2D eigenvalue weighted by Crippen LogP contribution is -2.52. The van der Waals surface area contributed by atoms with Crippen LogP contribution in [0.25, 0.3) is 0 Å². The summed E-state index contributed by atoms with van der Waals surface area (Å²) in [6.07, 6.45) is 3.53. The van der Waals surface area contributed by atoms with Crippen molar-refractivity contribution in [1.82, 2.24) is 10.2 Å². The molecule has 0 aromatic carbocycles. The minimum atomic E-state index is 0.0807. The van der Waals surface area contributed by atoms with Crippen LogP contribution in [0.15, 0.2) is 0 Å². The molecule has 0 radical (unpaired) electrons. The van der Waals surface area contributed by atoms with E-state index in [2.05, 4.69) is 17.1 Å². The van der Waals surface area contributed by atoms with Gasteiger partial charge in [-0.2, -0.15) is 0 Å². The van der Waals surface area contributed by atoms with Crippen LogP contribution < -0.4 is 11.1 Å². The number of carbonyl (C=O) groups excluding carboxylic acids is 1. The summed E-state index contributed by atoms with van der Waals surface area (Å²) in [5.74, 6) is 0.0807. The number of nitrogens with zero attached hydrogens (tertiary/aromatic N) is 1. The fourth-order valence-corrected chi connectivity index (χ4v) is 2.12. The third-order valence-electron chi connectivity index (χ3n) is 3.07. The van der Waals surface area contributed by atoms with Crippen molar-refractivity contribution < 1.29 is 4.79 Å². The van der Waals surface area contributed by atoms with Gasteiger partial charge < -0.3 is 11.1 Å². The molecule has 82 valence electrons. The summed E-state index contributed by atoms with van der Waals surface area (Å²) >= 11 is 0. The van der Waals surface area contributed by atoms with E-state index in [-0.39, 0.29) is 5.91 Å². The molecule has 1 rings (SSSR count). The van der Waals surface area contributed by atoms with Crippen LogP contribution in [0.2, 0.25) is 0 Å². The van der Waals surface area contributed by atoms with E-state index in [1.165, 1.54) is 12.8 Å². The normalized spacial score (nSPS) is 28.8. The Morgan fingerprint density at radius 1 is 1.57 bits per heavy atom. The van der Waals surface area contributed by atoms with Gasteiger partial charge >= 0.3 is 0 Å². The van der Waals surface area contributed by atoms with Crippen molar-refractivity contribution in [2.75, 3.05) is 20.1 Å². The van der Waals surface area contributed by atoms with E-state index in [0.717, 1.165) is 6.42 Å². The number of likely N-dealkylation sites (tertiary alicyclic amines) is 1. The molecular formula is C10H21N3O. The molecule has 1 aliphatic heterocycles. The Hall–Kier alpha value is -0.610. The first-order chi connectivity index (χ1) is 6.69. The van der Waals surface area contributed by atoms with Crippen molar-refractivity contribution >= 4 is 5.91 Å². The average molecular weight is 199 g/mol. The third-order valence-corrected chi connectivity index (χ3v) is 3.07. The van der Waals surface area contributed by atoms with E-state index in [1.54, 1.807) is 7.05 Å². The molecule has 1 saturated heterocycles. The van der Waals surface area contributed by atoms with E-state index in [4.69, 9.17) is 5.73 Å². The summed E-state index contributed by atoms with van der Waals surface area (Å²) in [7, 11) is 1.67. The number of rotatable bonds is 3. The summed E-state index contributed by atoms with van der Waals surface area (Å²) < 4.78 is 0. The Morgan fingerprint density at radius 3 is 2.86 bits per heavy atom. The maximum absolute atomic E-state index is 11.3. The largest absolute Gasteiger partial charge is 0.358 e. The van der Waals surface area contributed by atoms with E-state index < -0.39 is 0 Å². The number of hydrogen-bond donors (Lipinski definition) is 2. The van der Waals surface area contributed by atoms with Gasteiger partial charge in [-0.05, 0) is 19.8 Å². The first kappa shape index (κ1) is 11.5. The van der Waals surface area contributed by atoms with Crippen molar-refractivity contribution in [2.45, 2.75) is 38.3 Å². The number of piperidine rings is 1. The Balaban J connectivity index is 2.54. The molecule has 4 heteroatoms. The minimum absolute atomic E-state index is 0.0807. The first-order valence-electron chi connectivity index (χ1n) is 5.35. The summed E-state index contributed by atoms with van der Waals surface area (Å²) in [4.78, 5) is 13.5. The van der Waals surface area contributed by atoms with Gasteiger partial charge in [0.15, 0.2) is 0 Å². The lowest BCUT2D eigenvalue weighted by molar-refractivity contribution is -0.123. The average Bonchev–Trinajstić information content (AvgIpc) is 2.20. The second kappa shape index (κ2) is 5.32. The molecule has 0 saturated carbocycles. The standard InChI is InChI=1S/C10H21N3O/c1-8-4-3-5-9(6-11)13(8)7-10(14)12-2/h8-9H,3-7,11H2,1-2H3,(H,12,14). The van der Waals surface area contributed by atoms with Gasteiger partial charge in [-0.3, -0.25) is 9.69 Å². The molecule has 0 bridgehead atoms. The summed E-state index contributed by atoms with van der Waals surface area (Å²) in [6.45, 7) is 3.31. The van der Waals surface area contributed by atoms with Crippen molar-refractivity contribution in [2.24, 2.45) is 5.73 Å². The third kappa shape index (κ3) is 2.69. The fraction of sp³-hybridized carbons (Fsp3) is 0.900. The lowest BCUT2D eigenvalue weighted by atomic mass is 9.96. The highest BCUT2D eigenvalue weighted by atomic mass is 16.1. The van der Waals surface area contributed by atoms with Crippen molar-refractivity contribution in [1.29, 1.82) is 0 Å².